The lowest BCUT2D eigenvalue weighted by atomic mass is 10.2. The first-order chi connectivity index (χ1) is 7.91. The van der Waals surface area contributed by atoms with Gasteiger partial charge in [0.15, 0.2) is 0 Å². The van der Waals surface area contributed by atoms with Crippen LogP contribution in [-0.4, -0.2) is 27.9 Å². The molecule has 0 fully saturated rings. The van der Waals surface area contributed by atoms with Crippen molar-refractivity contribution < 1.29 is 4.79 Å². The molecule has 0 aliphatic heterocycles. The average molecular weight is 256 g/mol. The fraction of sp³-hybridized carbons (Fsp3) is 0.500. The highest BCUT2D eigenvalue weighted by Gasteiger charge is 2.20. The number of pyridine rings is 1. The molecule has 1 unspecified atom stereocenters. The molecule has 0 saturated heterocycles. The van der Waals surface area contributed by atoms with Crippen LogP contribution in [0.15, 0.2) is 18.3 Å². The average Bonchev–Trinajstić information content (AvgIpc) is 2.26. The molecule has 4 nitrogen and oxygen atoms in total. The fourth-order valence-electron chi connectivity index (χ4n) is 1.47. The van der Waals surface area contributed by atoms with Gasteiger partial charge in [-0.2, -0.15) is 0 Å². The minimum atomic E-state index is -0.488. The van der Waals surface area contributed by atoms with E-state index in [1.165, 1.54) is 0 Å². The van der Waals surface area contributed by atoms with E-state index < -0.39 is 6.04 Å². The summed E-state index contributed by atoms with van der Waals surface area (Å²) in [6.45, 7) is 6.12. The molecular weight excluding hydrogens is 238 g/mol. The molecule has 94 valence electrons. The van der Waals surface area contributed by atoms with Gasteiger partial charge in [0, 0.05) is 18.8 Å². The quantitative estimate of drug-likeness (QED) is 0.835. The van der Waals surface area contributed by atoms with Crippen molar-refractivity contribution in [2.75, 3.05) is 0 Å². The van der Waals surface area contributed by atoms with Gasteiger partial charge in [-0.15, -0.1) is 0 Å². The van der Waals surface area contributed by atoms with Crippen LogP contribution in [0.2, 0.25) is 5.15 Å². The first-order valence-corrected chi connectivity index (χ1v) is 5.96. The van der Waals surface area contributed by atoms with Gasteiger partial charge in [0.1, 0.15) is 5.15 Å². The monoisotopic (exact) mass is 255 g/mol. The van der Waals surface area contributed by atoms with E-state index in [-0.39, 0.29) is 11.9 Å². The summed E-state index contributed by atoms with van der Waals surface area (Å²) in [5.41, 5.74) is 6.57. The molecule has 1 atom stereocenters. The maximum Gasteiger partial charge on any atom is 0.239 e. The van der Waals surface area contributed by atoms with Gasteiger partial charge in [0.25, 0.3) is 0 Å². The molecule has 0 aromatic carbocycles. The highest BCUT2D eigenvalue weighted by Crippen LogP contribution is 2.11. The fourth-order valence-corrected chi connectivity index (χ4v) is 1.58. The van der Waals surface area contributed by atoms with Crippen molar-refractivity contribution in [1.82, 2.24) is 9.88 Å². The van der Waals surface area contributed by atoms with E-state index in [1.807, 2.05) is 19.9 Å². The molecule has 2 N–H and O–H groups in total. The first kappa shape index (κ1) is 13.9. The summed E-state index contributed by atoms with van der Waals surface area (Å²) in [5, 5.41) is 0.448. The van der Waals surface area contributed by atoms with Crippen LogP contribution in [0.25, 0.3) is 0 Å². The number of carbonyl (C=O) groups is 1. The Morgan fingerprint density at radius 1 is 1.47 bits per heavy atom. The van der Waals surface area contributed by atoms with Gasteiger partial charge in [-0.3, -0.25) is 4.79 Å². The van der Waals surface area contributed by atoms with Crippen molar-refractivity contribution >= 4 is 17.5 Å². The molecule has 1 aromatic rings. The minimum absolute atomic E-state index is 0.0602. The lowest BCUT2D eigenvalue weighted by molar-refractivity contribution is -0.134. The Morgan fingerprint density at radius 3 is 2.53 bits per heavy atom. The van der Waals surface area contributed by atoms with Crippen LogP contribution < -0.4 is 5.73 Å². The number of hydrogen-bond acceptors (Lipinski definition) is 3. The normalized spacial score (nSPS) is 12.6. The Labute approximate surface area is 107 Å². The molecule has 0 saturated carbocycles. The van der Waals surface area contributed by atoms with Crippen LogP contribution in [-0.2, 0) is 11.3 Å². The van der Waals surface area contributed by atoms with Crippen LogP contribution in [0, 0.1) is 0 Å². The maximum atomic E-state index is 11.9. The molecular formula is C12H18ClN3O. The van der Waals surface area contributed by atoms with E-state index in [2.05, 4.69) is 4.98 Å². The molecule has 0 aliphatic rings. The largest absolute Gasteiger partial charge is 0.335 e. The highest BCUT2D eigenvalue weighted by molar-refractivity contribution is 6.29. The van der Waals surface area contributed by atoms with Gasteiger partial charge in [-0.25, -0.2) is 4.98 Å². The third kappa shape index (κ3) is 3.98. The lowest BCUT2D eigenvalue weighted by Gasteiger charge is -2.28. The summed E-state index contributed by atoms with van der Waals surface area (Å²) in [5.74, 6) is -0.0602. The molecule has 1 aromatic heterocycles. The summed E-state index contributed by atoms with van der Waals surface area (Å²) >= 11 is 5.71. The number of aromatic nitrogens is 1. The standard InChI is InChI=1S/C12H18ClN3O/c1-8(2)16(12(17)9(3)14)7-10-4-5-11(13)15-6-10/h4-6,8-9H,7,14H2,1-3H3. The van der Waals surface area contributed by atoms with Crippen molar-refractivity contribution in [3.63, 3.8) is 0 Å². The molecule has 0 spiro atoms. The van der Waals surface area contributed by atoms with Crippen molar-refractivity contribution in [3.05, 3.63) is 29.0 Å². The van der Waals surface area contributed by atoms with Gasteiger partial charge >= 0.3 is 0 Å². The zero-order valence-corrected chi connectivity index (χ0v) is 11.1. The molecule has 0 bridgehead atoms. The van der Waals surface area contributed by atoms with Gasteiger partial charge in [-0.05, 0) is 32.4 Å². The van der Waals surface area contributed by atoms with Crippen LogP contribution in [0.3, 0.4) is 0 Å². The van der Waals surface area contributed by atoms with Gasteiger partial charge in [0.05, 0.1) is 6.04 Å². The van der Waals surface area contributed by atoms with Crippen molar-refractivity contribution in [2.45, 2.75) is 39.4 Å². The summed E-state index contributed by atoms with van der Waals surface area (Å²) in [6.07, 6.45) is 1.67. The maximum absolute atomic E-state index is 11.9. The Morgan fingerprint density at radius 2 is 2.12 bits per heavy atom. The predicted molar refractivity (Wildman–Crippen MR) is 68.6 cm³/mol. The minimum Gasteiger partial charge on any atom is -0.335 e. The molecule has 1 amide bonds. The van der Waals surface area contributed by atoms with E-state index in [9.17, 15) is 4.79 Å². The number of amides is 1. The van der Waals surface area contributed by atoms with Crippen LogP contribution in [0.4, 0.5) is 0 Å². The third-order valence-corrected chi connectivity index (χ3v) is 2.66. The summed E-state index contributed by atoms with van der Waals surface area (Å²) in [6, 6.07) is 3.19. The Bertz CT molecular complexity index is 376. The number of carbonyl (C=O) groups excluding carboxylic acids is 1. The third-order valence-electron chi connectivity index (χ3n) is 2.44. The smallest absolute Gasteiger partial charge is 0.239 e. The van der Waals surface area contributed by atoms with Crippen molar-refractivity contribution in [1.29, 1.82) is 0 Å². The topological polar surface area (TPSA) is 59.2 Å². The first-order valence-electron chi connectivity index (χ1n) is 5.58. The Hall–Kier alpha value is -1.13. The van der Waals surface area contributed by atoms with Gasteiger partial charge in [-0.1, -0.05) is 17.7 Å². The zero-order valence-electron chi connectivity index (χ0n) is 10.4. The van der Waals surface area contributed by atoms with E-state index >= 15 is 0 Å². The Balaban J connectivity index is 2.80. The molecule has 1 rings (SSSR count). The second-order valence-corrected chi connectivity index (χ2v) is 4.72. The number of rotatable bonds is 4. The summed E-state index contributed by atoms with van der Waals surface area (Å²) < 4.78 is 0. The SMILES string of the molecule is CC(N)C(=O)N(Cc1ccc(Cl)nc1)C(C)C. The molecule has 5 heteroatoms. The number of nitrogens with zero attached hydrogens (tertiary/aromatic N) is 2. The van der Waals surface area contributed by atoms with E-state index in [1.54, 1.807) is 24.1 Å². The number of nitrogens with two attached hydrogens (primary N) is 1. The van der Waals surface area contributed by atoms with E-state index in [0.29, 0.717) is 11.7 Å². The van der Waals surface area contributed by atoms with Gasteiger partial charge < -0.3 is 10.6 Å². The van der Waals surface area contributed by atoms with Crippen LogP contribution >= 0.6 is 11.6 Å². The predicted octanol–water partition coefficient (Wildman–Crippen LogP) is 1.82. The Kier molecular flexibility index (Phi) is 4.90. The van der Waals surface area contributed by atoms with Crippen LogP contribution in [0.5, 0.6) is 0 Å². The van der Waals surface area contributed by atoms with E-state index in [4.69, 9.17) is 17.3 Å². The highest BCUT2D eigenvalue weighted by atomic mass is 35.5. The van der Waals surface area contributed by atoms with E-state index in [0.717, 1.165) is 5.56 Å². The molecule has 17 heavy (non-hydrogen) atoms. The summed E-state index contributed by atoms with van der Waals surface area (Å²) in [7, 11) is 0. The van der Waals surface area contributed by atoms with Gasteiger partial charge in [0.2, 0.25) is 5.91 Å². The van der Waals surface area contributed by atoms with Crippen molar-refractivity contribution in [3.8, 4) is 0 Å². The second kappa shape index (κ2) is 5.98. The number of hydrogen-bond donors (Lipinski definition) is 1. The number of halogens is 1. The molecule has 1 heterocycles. The molecule has 0 radical (unpaired) electrons. The summed E-state index contributed by atoms with van der Waals surface area (Å²) in [4.78, 5) is 17.6. The second-order valence-electron chi connectivity index (χ2n) is 4.34. The molecule has 0 aliphatic carbocycles. The zero-order chi connectivity index (χ0) is 13.0. The van der Waals surface area contributed by atoms with Crippen molar-refractivity contribution in [2.24, 2.45) is 5.73 Å². The lowest BCUT2D eigenvalue weighted by Crippen LogP contribution is -2.45. The van der Waals surface area contributed by atoms with Crippen LogP contribution in [0.1, 0.15) is 26.3 Å².